The van der Waals surface area contributed by atoms with Gasteiger partial charge in [0.25, 0.3) is 0 Å². The van der Waals surface area contributed by atoms with E-state index in [0.717, 1.165) is 32.2 Å². The maximum absolute atomic E-state index is 9.58. The molecule has 1 N–H and O–H groups in total. The molecule has 1 heterocycles. The van der Waals surface area contributed by atoms with E-state index >= 15 is 0 Å². The summed E-state index contributed by atoms with van der Waals surface area (Å²) in [5.74, 6) is 0. The Kier molecular flexibility index (Phi) is 4.66. The SMILES string of the molecule is CCCC(O)CCc1ccnn1CC. The molecule has 3 heteroatoms. The van der Waals surface area contributed by atoms with Gasteiger partial charge in [0.15, 0.2) is 0 Å². The Morgan fingerprint density at radius 1 is 1.43 bits per heavy atom. The van der Waals surface area contributed by atoms with E-state index in [0.29, 0.717) is 0 Å². The molecular weight excluding hydrogens is 176 g/mol. The first-order valence-corrected chi connectivity index (χ1v) is 5.46. The quantitative estimate of drug-likeness (QED) is 0.755. The fraction of sp³-hybridized carbons (Fsp3) is 0.727. The van der Waals surface area contributed by atoms with Crippen LogP contribution in [0.25, 0.3) is 0 Å². The topological polar surface area (TPSA) is 38.1 Å². The van der Waals surface area contributed by atoms with E-state index in [1.165, 1.54) is 5.69 Å². The first-order valence-electron chi connectivity index (χ1n) is 5.46. The fourth-order valence-corrected chi connectivity index (χ4v) is 1.65. The summed E-state index contributed by atoms with van der Waals surface area (Å²) in [5.41, 5.74) is 1.22. The molecule has 1 rings (SSSR count). The minimum atomic E-state index is -0.153. The predicted molar refractivity (Wildman–Crippen MR) is 57.1 cm³/mol. The van der Waals surface area contributed by atoms with Crippen molar-refractivity contribution in [3.8, 4) is 0 Å². The van der Waals surface area contributed by atoms with Gasteiger partial charge in [0.2, 0.25) is 0 Å². The van der Waals surface area contributed by atoms with Gasteiger partial charge in [-0.15, -0.1) is 0 Å². The smallest absolute Gasteiger partial charge is 0.0543 e. The fourth-order valence-electron chi connectivity index (χ4n) is 1.65. The molecule has 0 aliphatic heterocycles. The Hall–Kier alpha value is -0.830. The van der Waals surface area contributed by atoms with Gasteiger partial charge in [0.05, 0.1) is 6.10 Å². The molecule has 0 saturated heterocycles. The standard InChI is InChI=1S/C11H20N2O/c1-3-5-11(14)7-6-10-8-9-12-13(10)4-2/h8-9,11,14H,3-7H2,1-2H3. The molecular formula is C11H20N2O. The molecule has 14 heavy (non-hydrogen) atoms. The lowest BCUT2D eigenvalue weighted by Crippen LogP contribution is -2.10. The van der Waals surface area contributed by atoms with Gasteiger partial charge >= 0.3 is 0 Å². The molecule has 0 spiro atoms. The zero-order valence-corrected chi connectivity index (χ0v) is 9.11. The van der Waals surface area contributed by atoms with Crippen LogP contribution in [0.4, 0.5) is 0 Å². The van der Waals surface area contributed by atoms with Crippen molar-refractivity contribution >= 4 is 0 Å². The van der Waals surface area contributed by atoms with Gasteiger partial charge in [0.1, 0.15) is 0 Å². The van der Waals surface area contributed by atoms with E-state index in [1.807, 2.05) is 16.9 Å². The van der Waals surface area contributed by atoms with Gasteiger partial charge in [-0.05, 0) is 32.3 Å². The molecule has 0 saturated carbocycles. The van der Waals surface area contributed by atoms with Crippen LogP contribution in [0.2, 0.25) is 0 Å². The molecule has 80 valence electrons. The van der Waals surface area contributed by atoms with Gasteiger partial charge in [-0.2, -0.15) is 5.10 Å². The summed E-state index contributed by atoms with van der Waals surface area (Å²) < 4.78 is 1.98. The van der Waals surface area contributed by atoms with Crippen LogP contribution >= 0.6 is 0 Å². The van der Waals surface area contributed by atoms with E-state index in [2.05, 4.69) is 18.9 Å². The minimum absolute atomic E-state index is 0.153. The van der Waals surface area contributed by atoms with Gasteiger partial charge in [-0.1, -0.05) is 13.3 Å². The van der Waals surface area contributed by atoms with Crippen molar-refractivity contribution in [2.24, 2.45) is 0 Å². The van der Waals surface area contributed by atoms with E-state index in [9.17, 15) is 5.11 Å². The summed E-state index contributed by atoms with van der Waals surface area (Å²) in [6.45, 7) is 5.09. The van der Waals surface area contributed by atoms with E-state index < -0.39 is 0 Å². The summed E-state index contributed by atoms with van der Waals surface area (Å²) >= 11 is 0. The van der Waals surface area contributed by atoms with Crippen molar-refractivity contribution in [1.29, 1.82) is 0 Å². The van der Waals surface area contributed by atoms with Crippen LogP contribution in [-0.4, -0.2) is 21.0 Å². The highest BCUT2D eigenvalue weighted by atomic mass is 16.3. The van der Waals surface area contributed by atoms with Crippen molar-refractivity contribution in [1.82, 2.24) is 9.78 Å². The highest BCUT2D eigenvalue weighted by Gasteiger charge is 2.05. The Morgan fingerprint density at radius 3 is 2.86 bits per heavy atom. The van der Waals surface area contributed by atoms with Crippen LogP contribution in [-0.2, 0) is 13.0 Å². The van der Waals surface area contributed by atoms with Crippen LogP contribution in [0.3, 0.4) is 0 Å². The molecule has 0 radical (unpaired) electrons. The maximum Gasteiger partial charge on any atom is 0.0543 e. The molecule has 1 aromatic heterocycles. The molecule has 0 bridgehead atoms. The third kappa shape index (κ3) is 3.14. The average molecular weight is 196 g/mol. The van der Waals surface area contributed by atoms with E-state index in [-0.39, 0.29) is 6.10 Å². The van der Waals surface area contributed by atoms with Crippen molar-refractivity contribution < 1.29 is 5.11 Å². The normalized spacial score (nSPS) is 13.1. The number of hydrogen-bond donors (Lipinski definition) is 1. The number of nitrogens with zero attached hydrogens (tertiary/aromatic N) is 2. The van der Waals surface area contributed by atoms with E-state index in [4.69, 9.17) is 0 Å². The Morgan fingerprint density at radius 2 is 2.21 bits per heavy atom. The number of hydrogen-bond acceptors (Lipinski definition) is 2. The summed E-state index contributed by atoms with van der Waals surface area (Å²) in [4.78, 5) is 0. The largest absolute Gasteiger partial charge is 0.393 e. The Labute approximate surface area is 85.8 Å². The lowest BCUT2D eigenvalue weighted by atomic mass is 10.1. The van der Waals surface area contributed by atoms with Gasteiger partial charge in [-0.3, -0.25) is 4.68 Å². The average Bonchev–Trinajstić information content (AvgIpc) is 2.62. The highest BCUT2D eigenvalue weighted by molar-refractivity contribution is 5.00. The number of aryl methyl sites for hydroxylation is 2. The van der Waals surface area contributed by atoms with Crippen LogP contribution in [0.15, 0.2) is 12.3 Å². The molecule has 1 unspecified atom stereocenters. The second-order valence-corrected chi connectivity index (χ2v) is 3.62. The van der Waals surface area contributed by atoms with Crippen LogP contribution in [0.1, 0.15) is 38.8 Å². The molecule has 1 aromatic rings. The third-order valence-corrected chi connectivity index (χ3v) is 2.46. The molecule has 0 aliphatic carbocycles. The zero-order valence-electron chi connectivity index (χ0n) is 9.11. The van der Waals surface area contributed by atoms with Gasteiger partial charge < -0.3 is 5.11 Å². The lowest BCUT2D eigenvalue weighted by molar-refractivity contribution is 0.153. The van der Waals surface area contributed by atoms with Crippen molar-refractivity contribution in [3.05, 3.63) is 18.0 Å². The second-order valence-electron chi connectivity index (χ2n) is 3.62. The minimum Gasteiger partial charge on any atom is -0.393 e. The monoisotopic (exact) mass is 196 g/mol. The lowest BCUT2D eigenvalue weighted by Gasteiger charge is -2.09. The summed E-state index contributed by atoms with van der Waals surface area (Å²) in [5, 5.41) is 13.8. The molecule has 1 atom stereocenters. The van der Waals surface area contributed by atoms with E-state index in [1.54, 1.807) is 0 Å². The molecule has 3 nitrogen and oxygen atoms in total. The number of aliphatic hydroxyl groups is 1. The summed E-state index contributed by atoms with van der Waals surface area (Å²) in [6.07, 6.45) is 5.40. The first-order chi connectivity index (χ1) is 6.77. The Balaban J connectivity index is 2.37. The van der Waals surface area contributed by atoms with Crippen LogP contribution in [0, 0.1) is 0 Å². The highest BCUT2D eigenvalue weighted by Crippen LogP contribution is 2.08. The summed E-state index contributed by atoms with van der Waals surface area (Å²) in [6, 6.07) is 2.03. The Bertz CT molecular complexity index is 258. The van der Waals surface area contributed by atoms with Crippen molar-refractivity contribution in [3.63, 3.8) is 0 Å². The predicted octanol–water partition coefficient (Wildman–Crippen LogP) is 2.00. The summed E-state index contributed by atoms with van der Waals surface area (Å²) in [7, 11) is 0. The van der Waals surface area contributed by atoms with Crippen LogP contribution < -0.4 is 0 Å². The van der Waals surface area contributed by atoms with Gasteiger partial charge in [-0.25, -0.2) is 0 Å². The van der Waals surface area contributed by atoms with Crippen molar-refractivity contribution in [2.75, 3.05) is 0 Å². The molecule has 0 fully saturated rings. The van der Waals surface area contributed by atoms with Crippen molar-refractivity contribution in [2.45, 2.75) is 52.2 Å². The number of rotatable bonds is 6. The zero-order chi connectivity index (χ0) is 10.4. The molecule has 0 amide bonds. The molecule has 0 aliphatic rings. The van der Waals surface area contributed by atoms with Crippen LogP contribution in [0.5, 0.6) is 0 Å². The maximum atomic E-state index is 9.58. The molecule has 0 aromatic carbocycles. The van der Waals surface area contributed by atoms with Gasteiger partial charge in [0, 0.05) is 18.4 Å². The first kappa shape index (κ1) is 11.2. The number of aromatic nitrogens is 2. The number of aliphatic hydroxyl groups excluding tert-OH is 1. The second kappa shape index (κ2) is 5.81. The third-order valence-electron chi connectivity index (χ3n) is 2.46.